The summed E-state index contributed by atoms with van der Waals surface area (Å²) in [6.45, 7) is 10.2. The van der Waals surface area contributed by atoms with E-state index in [1.165, 1.54) is 0 Å². The van der Waals surface area contributed by atoms with Crippen LogP contribution in [0.2, 0.25) is 0 Å². The van der Waals surface area contributed by atoms with Gasteiger partial charge in [0.25, 0.3) is 0 Å². The molecular weight excluding hydrogens is 534 g/mol. The summed E-state index contributed by atoms with van der Waals surface area (Å²) < 4.78 is 5.83. The average Bonchev–Trinajstić information content (AvgIpc) is 3.58. The molecule has 180 valence electrons. The fourth-order valence-corrected chi connectivity index (χ4v) is 11.2. The Balaban J connectivity index is 2.22. The Morgan fingerprint density at radius 2 is 1.59 bits per heavy atom. The van der Waals surface area contributed by atoms with Crippen molar-refractivity contribution in [1.29, 1.82) is 0 Å². The fraction of sp³-hybridized carbons (Fsp3) is 0.680. The van der Waals surface area contributed by atoms with Crippen LogP contribution in [0, 0.1) is 0 Å². The monoisotopic (exact) mass is 576 g/mol. The van der Waals surface area contributed by atoms with E-state index in [1.807, 2.05) is 30.3 Å². The molecule has 2 amide bonds. The SMILES string of the molecule is CCCCN(C(=O)OCc1ccccc1)C(CCC)C(=O)N(CCCC)C1(CCC)[Se][Se]1. The van der Waals surface area contributed by atoms with Crippen LogP contribution in [0.3, 0.4) is 0 Å². The van der Waals surface area contributed by atoms with E-state index >= 15 is 0 Å². The third kappa shape index (κ3) is 7.80. The Bertz CT molecular complexity index is 698. The second kappa shape index (κ2) is 14.3. The van der Waals surface area contributed by atoms with Gasteiger partial charge in [-0.15, -0.1) is 0 Å². The molecule has 1 aromatic rings. The van der Waals surface area contributed by atoms with Crippen LogP contribution < -0.4 is 0 Å². The van der Waals surface area contributed by atoms with E-state index < -0.39 is 6.04 Å². The van der Waals surface area contributed by atoms with E-state index in [-0.39, 0.29) is 21.9 Å². The van der Waals surface area contributed by atoms with Crippen LogP contribution in [0.4, 0.5) is 4.79 Å². The standard InChI is InChI=1S/C25H40N2O3Se2/c1-5-9-18-26(24(29)30-20-21-15-12-11-13-16-21)22(14-7-3)23(28)27(19-10-6-2)25(17-8-4)31-32-25/h11-13,15-16,22H,5-10,14,17-20H2,1-4H3. The first kappa shape index (κ1) is 27.2. The molecule has 1 heterocycles. The predicted molar refractivity (Wildman–Crippen MR) is 133 cm³/mol. The first-order chi connectivity index (χ1) is 15.5. The molecule has 1 aliphatic heterocycles. The molecule has 2 rings (SSSR count). The summed E-state index contributed by atoms with van der Waals surface area (Å²) in [5, 5.41) is 0. The Kier molecular flexibility index (Phi) is 12.2. The topological polar surface area (TPSA) is 49.9 Å². The van der Waals surface area contributed by atoms with E-state index in [2.05, 4.69) is 32.6 Å². The molecule has 0 radical (unpaired) electrons. The Morgan fingerprint density at radius 1 is 0.938 bits per heavy atom. The molecule has 1 saturated heterocycles. The number of hydrogen-bond donors (Lipinski definition) is 0. The molecule has 1 aromatic carbocycles. The zero-order valence-electron chi connectivity index (χ0n) is 20.2. The quantitative estimate of drug-likeness (QED) is 0.277. The van der Waals surface area contributed by atoms with Crippen molar-refractivity contribution in [2.45, 2.75) is 95.0 Å². The van der Waals surface area contributed by atoms with E-state index in [0.717, 1.165) is 57.1 Å². The van der Waals surface area contributed by atoms with Gasteiger partial charge >= 0.3 is 206 Å². The molecule has 7 heteroatoms. The number of nitrogens with zero attached hydrogens (tertiary/aromatic N) is 2. The van der Waals surface area contributed by atoms with E-state index in [4.69, 9.17) is 4.74 Å². The van der Waals surface area contributed by atoms with Crippen LogP contribution in [0.25, 0.3) is 0 Å². The molecule has 0 aromatic heterocycles. The van der Waals surface area contributed by atoms with Crippen molar-refractivity contribution < 1.29 is 14.3 Å². The molecule has 0 saturated carbocycles. The number of benzene rings is 1. The van der Waals surface area contributed by atoms with Gasteiger partial charge in [0.2, 0.25) is 0 Å². The minimum absolute atomic E-state index is 0.136. The van der Waals surface area contributed by atoms with Crippen LogP contribution in [0.1, 0.15) is 84.6 Å². The zero-order valence-corrected chi connectivity index (χ0v) is 23.6. The van der Waals surface area contributed by atoms with Gasteiger partial charge in [0.05, 0.1) is 0 Å². The molecule has 0 N–H and O–H groups in total. The molecule has 32 heavy (non-hydrogen) atoms. The molecule has 1 fully saturated rings. The predicted octanol–water partition coefficient (Wildman–Crippen LogP) is 5.01. The van der Waals surface area contributed by atoms with Crippen molar-refractivity contribution in [3.05, 3.63) is 35.9 Å². The zero-order chi connectivity index (χ0) is 23.4. The van der Waals surface area contributed by atoms with Crippen LogP contribution >= 0.6 is 0 Å². The van der Waals surface area contributed by atoms with Gasteiger partial charge in [0, 0.05) is 0 Å². The third-order valence-electron chi connectivity index (χ3n) is 5.67. The minimum atomic E-state index is -0.424. The van der Waals surface area contributed by atoms with Gasteiger partial charge < -0.3 is 0 Å². The maximum atomic E-state index is 14.0. The van der Waals surface area contributed by atoms with Crippen LogP contribution in [-0.4, -0.2) is 70.5 Å². The molecule has 5 nitrogen and oxygen atoms in total. The fourth-order valence-electron chi connectivity index (χ4n) is 3.81. The van der Waals surface area contributed by atoms with Crippen molar-refractivity contribution in [1.82, 2.24) is 9.80 Å². The van der Waals surface area contributed by atoms with Crippen molar-refractivity contribution in [3.8, 4) is 0 Å². The van der Waals surface area contributed by atoms with Crippen molar-refractivity contribution in [3.63, 3.8) is 0 Å². The van der Waals surface area contributed by atoms with Crippen LogP contribution in [0.5, 0.6) is 0 Å². The van der Waals surface area contributed by atoms with Crippen molar-refractivity contribution in [2.75, 3.05) is 13.1 Å². The second-order valence-electron chi connectivity index (χ2n) is 8.36. The van der Waals surface area contributed by atoms with Gasteiger partial charge in [-0.2, -0.15) is 0 Å². The number of carbonyl (C=O) groups excluding carboxylic acids is 2. The van der Waals surface area contributed by atoms with Gasteiger partial charge in [-0.1, -0.05) is 0 Å². The molecule has 0 spiro atoms. The van der Waals surface area contributed by atoms with Gasteiger partial charge in [-0.3, -0.25) is 0 Å². The Morgan fingerprint density at radius 3 is 2.16 bits per heavy atom. The number of hydrogen-bond acceptors (Lipinski definition) is 3. The van der Waals surface area contributed by atoms with E-state index in [9.17, 15) is 9.59 Å². The van der Waals surface area contributed by atoms with Gasteiger partial charge in [-0.25, -0.2) is 0 Å². The van der Waals surface area contributed by atoms with E-state index in [0.29, 0.717) is 39.2 Å². The third-order valence-corrected chi connectivity index (χ3v) is 14.6. The molecular formula is C25H40N2O3Se2. The Labute approximate surface area is 205 Å². The molecule has 1 aliphatic rings. The second-order valence-corrected chi connectivity index (χ2v) is 16.8. The number of unbranched alkanes of at least 4 members (excludes halogenated alkanes) is 2. The summed E-state index contributed by atoms with van der Waals surface area (Å²) in [6.07, 6.45) is 7.35. The first-order valence-electron chi connectivity index (χ1n) is 12.2. The van der Waals surface area contributed by atoms with Gasteiger partial charge in [0.15, 0.2) is 0 Å². The number of rotatable bonds is 15. The normalized spacial score (nSPS) is 15.1. The van der Waals surface area contributed by atoms with Gasteiger partial charge in [0.1, 0.15) is 0 Å². The van der Waals surface area contributed by atoms with Gasteiger partial charge in [-0.05, 0) is 0 Å². The average molecular weight is 575 g/mol. The Hall–Kier alpha value is -1.00. The van der Waals surface area contributed by atoms with Crippen molar-refractivity contribution >= 4 is 38.3 Å². The summed E-state index contributed by atoms with van der Waals surface area (Å²) in [7, 11) is 0. The van der Waals surface area contributed by atoms with Crippen molar-refractivity contribution in [2.24, 2.45) is 0 Å². The molecule has 1 unspecified atom stereocenters. The molecule has 0 bridgehead atoms. The number of carbonyl (C=O) groups is 2. The van der Waals surface area contributed by atoms with Crippen LogP contribution in [0.15, 0.2) is 30.3 Å². The van der Waals surface area contributed by atoms with E-state index in [1.54, 1.807) is 4.90 Å². The number of amides is 2. The summed E-state index contributed by atoms with van der Waals surface area (Å²) in [5.41, 5.74) is 0.963. The summed E-state index contributed by atoms with van der Waals surface area (Å²) in [5.74, 6) is 0.155. The molecule has 1 atom stereocenters. The summed E-state index contributed by atoms with van der Waals surface area (Å²) in [6, 6.07) is 9.33. The number of ether oxygens (including phenoxy) is 1. The summed E-state index contributed by atoms with van der Waals surface area (Å²) >= 11 is 1.11. The first-order valence-corrected chi connectivity index (χ1v) is 18.2. The molecule has 0 aliphatic carbocycles. The summed E-state index contributed by atoms with van der Waals surface area (Å²) in [4.78, 5) is 31.1. The maximum absolute atomic E-state index is 14.0. The van der Waals surface area contributed by atoms with Crippen LogP contribution in [-0.2, 0) is 16.1 Å².